The van der Waals surface area contributed by atoms with Gasteiger partial charge in [0, 0.05) is 29.8 Å². The minimum Gasteiger partial charge on any atom is -0.496 e. The van der Waals surface area contributed by atoms with E-state index in [1.165, 1.54) is 5.56 Å². The Labute approximate surface area is 213 Å². The molecule has 5 nitrogen and oxygen atoms in total. The molecule has 1 N–H and O–H groups in total. The van der Waals surface area contributed by atoms with E-state index in [4.69, 9.17) is 4.74 Å². The molecule has 1 aliphatic heterocycles. The van der Waals surface area contributed by atoms with Crippen molar-refractivity contribution in [3.05, 3.63) is 95.1 Å². The average molecular weight is 493 g/mol. The first-order valence-corrected chi connectivity index (χ1v) is 12.0. The van der Waals surface area contributed by atoms with Crippen LogP contribution in [0.4, 0.5) is 5.69 Å². The van der Waals surface area contributed by atoms with E-state index in [1.807, 2.05) is 71.6 Å². The van der Waals surface area contributed by atoms with Crippen molar-refractivity contribution in [1.29, 1.82) is 0 Å². The van der Waals surface area contributed by atoms with Gasteiger partial charge >= 0.3 is 0 Å². The highest BCUT2D eigenvalue weighted by molar-refractivity contribution is 6.07. The van der Waals surface area contributed by atoms with Gasteiger partial charge in [-0.2, -0.15) is 0 Å². The maximum Gasteiger partial charge on any atom is 0.258 e. The number of nitrogens with one attached hydrogen (secondary N) is 1. The molecule has 1 heterocycles. The van der Waals surface area contributed by atoms with Crippen LogP contribution in [0.2, 0.25) is 0 Å². The fourth-order valence-corrected chi connectivity index (χ4v) is 4.46. The molecule has 0 fully saturated rings. The maximum atomic E-state index is 12.8. The van der Waals surface area contributed by atoms with Crippen molar-refractivity contribution in [3.8, 4) is 5.75 Å². The second-order valence-electron chi connectivity index (χ2n) is 8.61. The third-order valence-corrected chi connectivity index (χ3v) is 6.33. The Kier molecular flexibility index (Phi) is 9.88. The van der Waals surface area contributed by atoms with Crippen molar-refractivity contribution in [2.45, 2.75) is 32.1 Å². The summed E-state index contributed by atoms with van der Waals surface area (Å²) in [7, 11) is 1.70. The quantitative estimate of drug-likeness (QED) is 0.283. The first-order valence-electron chi connectivity index (χ1n) is 12.0. The number of unbranched alkanes of at least 4 members (excludes halogenated alkanes) is 1. The number of ether oxygens (including phenoxy) is 1. The van der Waals surface area contributed by atoms with E-state index >= 15 is 0 Å². The lowest BCUT2D eigenvalue weighted by Gasteiger charge is -2.17. The highest BCUT2D eigenvalue weighted by atomic mass is 35.5. The second-order valence-corrected chi connectivity index (χ2v) is 8.61. The summed E-state index contributed by atoms with van der Waals surface area (Å²) in [5.41, 5.74) is 4.63. The lowest BCUT2D eigenvalue weighted by molar-refractivity contribution is 0.0975. The minimum absolute atomic E-state index is 0. The summed E-state index contributed by atoms with van der Waals surface area (Å²) in [6, 6.07) is 23.2. The zero-order chi connectivity index (χ0) is 23.8. The number of nitrogens with zero attached hydrogens (tertiary/aromatic N) is 1. The smallest absolute Gasteiger partial charge is 0.258 e. The molecule has 0 saturated heterocycles. The topological polar surface area (TPSA) is 58.6 Å². The number of fused-ring (bicyclic) bond motifs is 1. The summed E-state index contributed by atoms with van der Waals surface area (Å²) < 4.78 is 5.39. The maximum absolute atomic E-state index is 12.8. The van der Waals surface area contributed by atoms with E-state index in [9.17, 15) is 9.59 Å². The molecule has 0 unspecified atom stereocenters. The van der Waals surface area contributed by atoms with Crippen LogP contribution >= 0.6 is 12.4 Å². The summed E-state index contributed by atoms with van der Waals surface area (Å²) in [6.07, 6.45) is 4.06. The number of amides is 1. The Bertz CT molecular complexity index is 1130. The highest BCUT2D eigenvalue weighted by Crippen LogP contribution is 2.30. The van der Waals surface area contributed by atoms with Crippen molar-refractivity contribution in [1.82, 2.24) is 5.32 Å². The molecule has 0 atom stereocenters. The first kappa shape index (κ1) is 26.5. The Morgan fingerprint density at radius 1 is 0.914 bits per heavy atom. The summed E-state index contributed by atoms with van der Waals surface area (Å²) in [5.74, 6) is 1.11. The molecule has 0 aromatic heterocycles. The Hall–Kier alpha value is -3.15. The van der Waals surface area contributed by atoms with Gasteiger partial charge in [0.05, 0.1) is 7.11 Å². The molecule has 0 aliphatic carbocycles. The molecule has 4 rings (SSSR count). The van der Waals surface area contributed by atoms with Crippen molar-refractivity contribution >= 4 is 29.8 Å². The number of methoxy groups -OCH3 is 1. The Balaban J connectivity index is 0.00000342. The van der Waals surface area contributed by atoms with Crippen molar-refractivity contribution in [2.24, 2.45) is 0 Å². The molecular formula is C29H33ClN2O3. The number of carbonyl (C=O) groups excluding carboxylic acids is 2. The monoisotopic (exact) mass is 492 g/mol. The van der Waals surface area contributed by atoms with Gasteiger partial charge in [0.25, 0.3) is 5.91 Å². The molecule has 3 aromatic rings. The van der Waals surface area contributed by atoms with E-state index in [1.54, 1.807) is 7.11 Å². The number of anilines is 1. The lowest BCUT2D eigenvalue weighted by atomic mass is 10.0. The largest absolute Gasteiger partial charge is 0.496 e. The van der Waals surface area contributed by atoms with Gasteiger partial charge in [0.15, 0.2) is 5.78 Å². The summed E-state index contributed by atoms with van der Waals surface area (Å²) in [5, 5.41) is 3.46. The van der Waals surface area contributed by atoms with E-state index < -0.39 is 0 Å². The standard InChI is InChI=1S/C29H32N2O3.ClH/c1-34-28-13-6-5-9-22(28)16-19-30-18-8-7-12-27(32)25-14-15-26-24(21-25)17-20-31(26)29(33)23-10-3-2-4-11-23;/h2-6,9-11,13-15,21,30H,7-8,12,16-20H2,1H3;1H. The number of halogens is 1. The Morgan fingerprint density at radius 3 is 2.49 bits per heavy atom. The number of carbonyl (C=O) groups is 2. The van der Waals surface area contributed by atoms with E-state index in [0.29, 0.717) is 18.5 Å². The van der Waals surface area contributed by atoms with Gasteiger partial charge in [-0.25, -0.2) is 0 Å². The lowest BCUT2D eigenvalue weighted by Crippen LogP contribution is -2.28. The van der Waals surface area contributed by atoms with Crippen molar-refractivity contribution in [3.63, 3.8) is 0 Å². The molecule has 35 heavy (non-hydrogen) atoms. The van der Waals surface area contributed by atoms with Gasteiger partial charge in [0.2, 0.25) is 0 Å². The molecule has 0 saturated carbocycles. The molecule has 184 valence electrons. The molecular weight excluding hydrogens is 460 g/mol. The average Bonchev–Trinajstić information content (AvgIpc) is 3.31. The van der Waals surface area contributed by atoms with Crippen LogP contribution < -0.4 is 15.0 Å². The molecule has 1 aliphatic rings. The van der Waals surface area contributed by atoms with Crippen LogP contribution in [0.3, 0.4) is 0 Å². The number of rotatable bonds is 11. The molecule has 3 aromatic carbocycles. The van der Waals surface area contributed by atoms with Crippen LogP contribution in [0.5, 0.6) is 5.75 Å². The second kappa shape index (κ2) is 13.1. The SMILES string of the molecule is COc1ccccc1CCNCCCCC(=O)c1ccc2c(c1)CCN2C(=O)c1ccccc1.Cl. The van der Waals surface area contributed by atoms with E-state index in [2.05, 4.69) is 11.4 Å². The zero-order valence-corrected chi connectivity index (χ0v) is 21.0. The number of para-hydroxylation sites is 1. The van der Waals surface area contributed by atoms with Crippen molar-refractivity contribution in [2.75, 3.05) is 31.6 Å². The summed E-state index contributed by atoms with van der Waals surface area (Å²) >= 11 is 0. The molecule has 0 bridgehead atoms. The number of benzene rings is 3. The number of Topliss-reactive ketones (excluding diaryl/α,β-unsaturated/α-hetero) is 1. The normalized spacial score (nSPS) is 12.1. The fraction of sp³-hybridized carbons (Fsp3) is 0.310. The van der Waals surface area contributed by atoms with E-state index in [-0.39, 0.29) is 24.1 Å². The molecule has 0 radical (unpaired) electrons. The molecule has 0 spiro atoms. The van der Waals surface area contributed by atoms with Crippen LogP contribution in [-0.2, 0) is 12.8 Å². The molecule has 6 heteroatoms. The van der Waals surface area contributed by atoms with Gasteiger partial charge in [-0.15, -0.1) is 12.4 Å². The highest BCUT2D eigenvalue weighted by Gasteiger charge is 2.26. The van der Waals surface area contributed by atoms with Gasteiger partial charge < -0.3 is 15.0 Å². The number of hydrogen-bond donors (Lipinski definition) is 1. The predicted molar refractivity (Wildman–Crippen MR) is 143 cm³/mol. The van der Waals surface area contributed by atoms with Gasteiger partial charge in [-0.05, 0) is 86.3 Å². The summed E-state index contributed by atoms with van der Waals surface area (Å²) in [6.45, 7) is 2.43. The van der Waals surface area contributed by atoms with Crippen LogP contribution in [0, 0.1) is 0 Å². The first-order chi connectivity index (χ1) is 16.7. The van der Waals surface area contributed by atoms with Crippen LogP contribution in [0.15, 0.2) is 72.8 Å². The zero-order valence-electron chi connectivity index (χ0n) is 20.2. The van der Waals surface area contributed by atoms with Crippen LogP contribution in [0.25, 0.3) is 0 Å². The van der Waals surface area contributed by atoms with Gasteiger partial charge in [-0.1, -0.05) is 36.4 Å². The predicted octanol–water partition coefficient (Wildman–Crippen LogP) is 5.51. The van der Waals surface area contributed by atoms with Gasteiger partial charge in [-0.3, -0.25) is 9.59 Å². The Morgan fingerprint density at radius 2 is 1.69 bits per heavy atom. The molecule has 1 amide bonds. The van der Waals surface area contributed by atoms with Gasteiger partial charge in [0.1, 0.15) is 5.75 Å². The third kappa shape index (κ3) is 6.71. The fourth-order valence-electron chi connectivity index (χ4n) is 4.46. The van der Waals surface area contributed by atoms with Crippen molar-refractivity contribution < 1.29 is 14.3 Å². The van der Waals surface area contributed by atoms with Crippen LogP contribution in [-0.4, -0.2) is 38.4 Å². The van der Waals surface area contributed by atoms with Crippen LogP contribution in [0.1, 0.15) is 51.1 Å². The third-order valence-electron chi connectivity index (χ3n) is 6.33. The summed E-state index contributed by atoms with van der Waals surface area (Å²) in [4.78, 5) is 27.4. The number of ketones is 1. The number of hydrogen-bond acceptors (Lipinski definition) is 4. The van der Waals surface area contributed by atoms with E-state index in [0.717, 1.165) is 61.3 Å². The minimum atomic E-state index is 0.